The molecule has 20 heavy (non-hydrogen) atoms. The van der Waals surface area contributed by atoms with Gasteiger partial charge in [0.1, 0.15) is 0 Å². The molecule has 3 rings (SSSR count). The van der Waals surface area contributed by atoms with Crippen molar-refractivity contribution in [1.29, 1.82) is 0 Å². The van der Waals surface area contributed by atoms with Crippen LogP contribution in [0.4, 0.5) is 5.69 Å². The topological polar surface area (TPSA) is 38.1 Å². The number of thioether (sulfide) groups is 1. The summed E-state index contributed by atoms with van der Waals surface area (Å²) >= 11 is 1.65. The third-order valence-corrected chi connectivity index (χ3v) is 4.62. The van der Waals surface area contributed by atoms with Crippen LogP contribution in [0.3, 0.4) is 0 Å². The number of aromatic nitrogens is 2. The fraction of sp³-hybridized carbons (Fsp3) is 0.333. The van der Waals surface area contributed by atoms with Gasteiger partial charge in [-0.15, -0.1) is 11.8 Å². The van der Waals surface area contributed by atoms with Crippen molar-refractivity contribution in [2.75, 3.05) is 24.2 Å². The van der Waals surface area contributed by atoms with Gasteiger partial charge in [-0.25, -0.2) is 4.68 Å². The van der Waals surface area contributed by atoms with E-state index in [9.17, 15) is 4.79 Å². The summed E-state index contributed by atoms with van der Waals surface area (Å²) in [6.07, 6.45) is 2.91. The number of benzene rings is 1. The summed E-state index contributed by atoms with van der Waals surface area (Å²) in [5.74, 6) is 0.988. The van der Waals surface area contributed by atoms with E-state index in [-0.39, 0.29) is 5.56 Å². The van der Waals surface area contributed by atoms with Gasteiger partial charge in [0.2, 0.25) is 0 Å². The maximum absolute atomic E-state index is 12.6. The highest BCUT2D eigenvalue weighted by Gasteiger charge is 2.18. The van der Waals surface area contributed by atoms with E-state index in [1.807, 2.05) is 43.6 Å². The van der Waals surface area contributed by atoms with Crippen LogP contribution in [0.5, 0.6) is 0 Å². The van der Waals surface area contributed by atoms with E-state index in [2.05, 4.69) is 10.00 Å². The quantitative estimate of drug-likeness (QED) is 0.849. The van der Waals surface area contributed by atoms with Crippen molar-refractivity contribution in [3.8, 4) is 0 Å². The maximum atomic E-state index is 12.6. The summed E-state index contributed by atoms with van der Waals surface area (Å²) in [4.78, 5) is 15.5. The van der Waals surface area contributed by atoms with E-state index in [0.717, 1.165) is 34.9 Å². The SMILES string of the molecule is CN1CCCSc2c1cnn(Cc1ccccc1)c2=O. The Morgan fingerprint density at radius 1 is 1.30 bits per heavy atom. The third-order valence-electron chi connectivity index (χ3n) is 3.45. The molecule has 0 atom stereocenters. The maximum Gasteiger partial charge on any atom is 0.282 e. The highest BCUT2D eigenvalue weighted by atomic mass is 32.2. The molecule has 1 aromatic heterocycles. The Bertz CT molecular complexity index is 654. The molecule has 0 N–H and O–H groups in total. The Morgan fingerprint density at radius 2 is 2.10 bits per heavy atom. The molecule has 0 fully saturated rings. The molecule has 104 valence electrons. The number of nitrogens with zero attached hydrogens (tertiary/aromatic N) is 3. The van der Waals surface area contributed by atoms with Gasteiger partial charge < -0.3 is 4.90 Å². The number of fused-ring (bicyclic) bond motifs is 1. The molecule has 0 saturated heterocycles. The van der Waals surface area contributed by atoms with Crippen molar-refractivity contribution in [3.05, 3.63) is 52.4 Å². The average Bonchev–Trinajstić information content (AvgIpc) is 2.66. The Labute approximate surface area is 122 Å². The van der Waals surface area contributed by atoms with Gasteiger partial charge in [0.25, 0.3) is 5.56 Å². The predicted octanol–water partition coefficient (Wildman–Crippen LogP) is 2.22. The van der Waals surface area contributed by atoms with E-state index < -0.39 is 0 Å². The van der Waals surface area contributed by atoms with E-state index >= 15 is 0 Å². The molecular formula is C15H17N3OS. The largest absolute Gasteiger partial charge is 0.372 e. The number of anilines is 1. The fourth-order valence-electron chi connectivity index (χ4n) is 2.34. The molecule has 0 saturated carbocycles. The smallest absolute Gasteiger partial charge is 0.282 e. The van der Waals surface area contributed by atoms with Crippen molar-refractivity contribution in [1.82, 2.24) is 9.78 Å². The van der Waals surface area contributed by atoms with Crippen LogP contribution in [0.25, 0.3) is 0 Å². The minimum Gasteiger partial charge on any atom is -0.372 e. The van der Waals surface area contributed by atoms with Crippen molar-refractivity contribution in [2.45, 2.75) is 17.9 Å². The Morgan fingerprint density at radius 3 is 2.90 bits per heavy atom. The molecule has 0 unspecified atom stereocenters. The van der Waals surface area contributed by atoms with Crippen LogP contribution in [0.1, 0.15) is 12.0 Å². The molecule has 1 aliphatic heterocycles. The van der Waals surface area contributed by atoms with Crippen molar-refractivity contribution in [3.63, 3.8) is 0 Å². The Kier molecular flexibility index (Phi) is 3.78. The molecule has 0 radical (unpaired) electrons. The van der Waals surface area contributed by atoms with Gasteiger partial charge in [0.15, 0.2) is 0 Å². The molecule has 5 heteroatoms. The summed E-state index contributed by atoms with van der Waals surface area (Å²) < 4.78 is 1.56. The second-order valence-electron chi connectivity index (χ2n) is 4.93. The molecule has 0 spiro atoms. The second kappa shape index (κ2) is 5.71. The highest BCUT2D eigenvalue weighted by molar-refractivity contribution is 7.99. The molecule has 0 bridgehead atoms. The molecule has 1 aliphatic rings. The lowest BCUT2D eigenvalue weighted by atomic mass is 10.2. The minimum absolute atomic E-state index is 0.0186. The Hall–Kier alpha value is -1.75. The summed E-state index contributed by atoms with van der Waals surface area (Å²) in [5, 5.41) is 4.33. The monoisotopic (exact) mass is 287 g/mol. The van der Waals surface area contributed by atoms with Crippen LogP contribution in [0.15, 0.2) is 46.2 Å². The molecule has 0 amide bonds. The van der Waals surface area contributed by atoms with Crippen LogP contribution in [-0.2, 0) is 6.54 Å². The lowest BCUT2D eigenvalue weighted by Crippen LogP contribution is -2.28. The first-order chi connectivity index (χ1) is 9.75. The third kappa shape index (κ3) is 2.58. The molecular weight excluding hydrogens is 270 g/mol. The normalized spacial score (nSPS) is 14.8. The van der Waals surface area contributed by atoms with E-state index in [4.69, 9.17) is 0 Å². The van der Waals surface area contributed by atoms with Gasteiger partial charge in [-0.05, 0) is 17.7 Å². The van der Waals surface area contributed by atoms with Crippen LogP contribution < -0.4 is 10.5 Å². The van der Waals surface area contributed by atoms with E-state index in [0.29, 0.717) is 6.54 Å². The number of hydrogen-bond donors (Lipinski definition) is 0. The standard InChI is InChI=1S/C15H17N3OS/c1-17-8-5-9-20-14-13(17)10-16-18(15(14)19)11-12-6-3-2-4-7-12/h2-4,6-7,10H,5,8-9,11H2,1H3. The lowest BCUT2D eigenvalue weighted by Gasteiger charge is -2.18. The first-order valence-corrected chi connectivity index (χ1v) is 7.72. The predicted molar refractivity (Wildman–Crippen MR) is 82.7 cm³/mol. The first-order valence-electron chi connectivity index (χ1n) is 6.73. The van der Waals surface area contributed by atoms with Crippen molar-refractivity contribution >= 4 is 17.4 Å². The summed E-state index contributed by atoms with van der Waals surface area (Å²) in [6, 6.07) is 9.96. The molecule has 2 aromatic rings. The summed E-state index contributed by atoms with van der Waals surface area (Å²) in [5.41, 5.74) is 2.07. The summed E-state index contributed by atoms with van der Waals surface area (Å²) in [7, 11) is 2.02. The van der Waals surface area contributed by atoms with E-state index in [1.54, 1.807) is 16.4 Å². The van der Waals surface area contributed by atoms with E-state index in [1.165, 1.54) is 0 Å². The number of rotatable bonds is 2. The zero-order valence-corrected chi connectivity index (χ0v) is 12.3. The van der Waals surface area contributed by atoms with Crippen molar-refractivity contribution < 1.29 is 0 Å². The van der Waals surface area contributed by atoms with Gasteiger partial charge in [-0.1, -0.05) is 30.3 Å². The molecule has 2 heterocycles. The minimum atomic E-state index is 0.0186. The lowest BCUT2D eigenvalue weighted by molar-refractivity contribution is 0.623. The van der Waals surface area contributed by atoms with Crippen molar-refractivity contribution in [2.24, 2.45) is 0 Å². The van der Waals surface area contributed by atoms with Gasteiger partial charge >= 0.3 is 0 Å². The number of hydrogen-bond acceptors (Lipinski definition) is 4. The zero-order chi connectivity index (χ0) is 13.9. The molecule has 1 aromatic carbocycles. The first kappa shape index (κ1) is 13.2. The fourth-order valence-corrected chi connectivity index (χ4v) is 3.40. The van der Waals surface area contributed by atoms with Gasteiger partial charge in [0, 0.05) is 13.6 Å². The molecule has 4 nitrogen and oxygen atoms in total. The second-order valence-corrected chi connectivity index (χ2v) is 6.04. The van der Waals surface area contributed by atoms with Crippen LogP contribution in [-0.4, -0.2) is 29.1 Å². The van der Waals surface area contributed by atoms with Gasteiger partial charge in [0.05, 0.1) is 23.3 Å². The van der Waals surface area contributed by atoms with Crippen LogP contribution in [0.2, 0.25) is 0 Å². The Balaban J connectivity index is 1.98. The van der Waals surface area contributed by atoms with Crippen LogP contribution in [0, 0.1) is 0 Å². The van der Waals surface area contributed by atoms with Crippen LogP contribution >= 0.6 is 11.8 Å². The molecule has 0 aliphatic carbocycles. The summed E-state index contributed by atoms with van der Waals surface area (Å²) in [6.45, 7) is 1.50. The van der Waals surface area contributed by atoms with Gasteiger partial charge in [-0.3, -0.25) is 4.79 Å². The zero-order valence-electron chi connectivity index (χ0n) is 11.5. The highest BCUT2D eigenvalue weighted by Crippen LogP contribution is 2.29. The van der Waals surface area contributed by atoms with Gasteiger partial charge in [-0.2, -0.15) is 5.10 Å². The average molecular weight is 287 g/mol.